The number of rotatable bonds is 5. The summed E-state index contributed by atoms with van der Waals surface area (Å²) in [6.07, 6.45) is 0.669. The summed E-state index contributed by atoms with van der Waals surface area (Å²) in [4.78, 5) is 31.1. The molecule has 0 aliphatic carbocycles. The number of hydrogen-bond donors (Lipinski definition) is 2. The van der Waals surface area contributed by atoms with Crippen molar-refractivity contribution in [1.82, 2.24) is 4.98 Å². The number of amides is 2. The number of anilines is 1. The van der Waals surface area contributed by atoms with Crippen LogP contribution in [0.25, 0.3) is 22.2 Å². The maximum absolute atomic E-state index is 13.4. The van der Waals surface area contributed by atoms with E-state index in [9.17, 15) is 9.59 Å². The van der Waals surface area contributed by atoms with Crippen LogP contribution in [0, 0.1) is 6.92 Å². The molecule has 0 bridgehead atoms. The number of nitrogens with two attached hydrogens (primary N) is 1. The highest BCUT2D eigenvalue weighted by molar-refractivity contribution is 9.10. The van der Waals surface area contributed by atoms with Crippen molar-refractivity contribution in [2.45, 2.75) is 20.3 Å². The molecule has 0 aliphatic heterocycles. The van der Waals surface area contributed by atoms with Crippen molar-refractivity contribution in [3.63, 3.8) is 0 Å². The first kappa shape index (κ1) is 21.2. The highest BCUT2D eigenvalue weighted by Crippen LogP contribution is 2.34. The number of thiophene rings is 1. The van der Waals surface area contributed by atoms with Crippen LogP contribution in [0.15, 0.2) is 59.1 Å². The molecular formula is C24H20BrN3O2S. The lowest BCUT2D eigenvalue weighted by Gasteiger charge is -2.11. The molecule has 156 valence electrons. The van der Waals surface area contributed by atoms with E-state index in [4.69, 9.17) is 10.7 Å². The minimum Gasteiger partial charge on any atom is -0.365 e. The average Bonchev–Trinajstić information content (AvgIpc) is 3.08. The lowest BCUT2D eigenvalue weighted by molar-refractivity contribution is 0.100. The van der Waals surface area contributed by atoms with E-state index in [2.05, 4.69) is 21.2 Å². The molecule has 3 N–H and O–H groups in total. The normalized spacial score (nSPS) is 10.9. The molecular weight excluding hydrogens is 474 g/mol. The highest BCUT2D eigenvalue weighted by Gasteiger charge is 2.22. The number of hydrogen-bond acceptors (Lipinski definition) is 4. The van der Waals surface area contributed by atoms with Gasteiger partial charge in [0.15, 0.2) is 0 Å². The first-order chi connectivity index (χ1) is 14.9. The third kappa shape index (κ3) is 4.11. The van der Waals surface area contributed by atoms with Gasteiger partial charge >= 0.3 is 0 Å². The summed E-state index contributed by atoms with van der Waals surface area (Å²) in [6, 6.07) is 17.1. The Morgan fingerprint density at radius 3 is 2.52 bits per heavy atom. The molecule has 2 amide bonds. The van der Waals surface area contributed by atoms with E-state index in [0.29, 0.717) is 28.2 Å². The number of fused-ring (bicyclic) bond motifs is 1. The number of carbonyl (C=O) groups is 2. The van der Waals surface area contributed by atoms with Gasteiger partial charge in [-0.3, -0.25) is 9.59 Å². The minimum absolute atomic E-state index is 0.302. The lowest BCUT2D eigenvalue weighted by atomic mass is 10.0. The van der Waals surface area contributed by atoms with Crippen molar-refractivity contribution < 1.29 is 9.59 Å². The lowest BCUT2D eigenvalue weighted by Crippen LogP contribution is -2.18. The standard InChI is InChI=1S/C24H20BrN3O2S/c1-3-16-13(2)31-24(21(16)22(26)29)28-23(30)18-12-20(14-8-10-15(25)11-9-14)27-19-7-5-4-6-17(18)19/h4-12H,3H2,1-2H3,(H2,26,29)(H,28,30). The summed E-state index contributed by atoms with van der Waals surface area (Å²) >= 11 is 4.81. The van der Waals surface area contributed by atoms with Gasteiger partial charge in [0.25, 0.3) is 11.8 Å². The zero-order valence-corrected chi connectivity index (χ0v) is 19.4. The van der Waals surface area contributed by atoms with Crippen molar-refractivity contribution in [3.8, 4) is 11.3 Å². The van der Waals surface area contributed by atoms with Crippen molar-refractivity contribution in [2.75, 3.05) is 5.32 Å². The summed E-state index contributed by atoms with van der Waals surface area (Å²) < 4.78 is 0.966. The summed E-state index contributed by atoms with van der Waals surface area (Å²) in [5.74, 6) is -0.838. The van der Waals surface area contributed by atoms with Gasteiger partial charge in [-0.2, -0.15) is 0 Å². The van der Waals surface area contributed by atoms with E-state index in [1.165, 1.54) is 11.3 Å². The molecule has 0 atom stereocenters. The SMILES string of the molecule is CCc1c(C)sc(NC(=O)c2cc(-c3ccc(Br)cc3)nc3ccccc23)c1C(N)=O. The third-order valence-electron chi connectivity index (χ3n) is 5.14. The van der Waals surface area contributed by atoms with Crippen LogP contribution < -0.4 is 11.1 Å². The van der Waals surface area contributed by atoms with E-state index in [-0.39, 0.29) is 5.91 Å². The van der Waals surface area contributed by atoms with Crippen LogP contribution in [0.5, 0.6) is 0 Å². The number of halogens is 1. The van der Waals surface area contributed by atoms with Gasteiger partial charge in [0.1, 0.15) is 5.00 Å². The second-order valence-corrected chi connectivity index (χ2v) is 9.23. The first-order valence-corrected chi connectivity index (χ1v) is 11.4. The van der Waals surface area contributed by atoms with Crippen LogP contribution in [-0.2, 0) is 6.42 Å². The Bertz CT molecular complexity index is 1310. The molecule has 5 nitrogen and oxygen atoms in total. The number of pyridine rings is 1. The minimum atomic E-state index is -0.536. The second-order valence-electron chi connectivity index (χ2n) is 7.09. The van der Waals surface area contributed by atoms with Gasteiger partial charge in [0, 0.05) is 20.3 Å². The molecule has 2 aromatic carbocycles. The van der Waals surface area contributed by atoms with Gasteiger partial charge in [-0.15, -0.1) is 11.3 Å². The van der Waals surface area contributed by atoms with E-state index in [1.54, 1.807) is 6.07 Å². The fourth-order valence-electron chi connectivity index (χ4n) is 3.66. The molecule has 2 heterocycles. The molecule has 7 heteroatoms. The fourth-order valence-corrected chi connectivity index (χ4v) is 5.07. The molecule has 0 fully saturated rings. The summed E-state index contributed by atoms with van der Waals surface area (Å²) in [6.45, 7) is 3.90. The Hall–Kier alpha value is -3.03. The Kier molecular flexibility index (Phi) is 5.89. The van der Waals surface area contributed by atoms with Crippen LogP contribution >= 0.6 is 27.3 Å². The molecule has 0 aliphatic rings. The Morgan fingerprint density at radius 1 is 1.13 bits per heavy atom. The molecule has 0 radical (unpaired) electrons. The number of aromatic nitrogens is 1. The van der Waals surface area contributed by atoms with Crippen molar-refractivity contribution >= 4 is 55.0 Å². The van der Waals surface area contributed by atoms with Gasteiger partial charge in [0.2, 0.25) is 0 Å². The topological polar surface area (TPSA) is 85.1 Å². The number of benzene rings is 2. The smallest absolute Gasteiger partial charge is 0.257 e. The van der Waals surface area contributed by atoms with E-state index < -0.39 is 5.91 Å². The highest BCUT2D eigenvalue weighted by atomic mass is 79.9. The predicted molar refractivity (Wildman–Crippen MR) is 130 cm³/mol. The van der Waals surface area contributed by atoms with E-state index in [0.717, 1.165) is 31.4 Å². The van der Waals surface area contributed by atoms with Gasteiger partial charge < -0.3 is 11.1 Å². The molecule has 2 aromatic heterocycles. The van der Waals surface area contributed by atoms with Crippen LogP contribution in [0.4, 0.5) is 5.00 Å². The van der Waals surface area contributed by atoms with Crippen molar-refractivity contribution in [2.24, 2.45) is 5.73 Å². The number of primary amides is 1. The summed E-state index contributed by atoms with van der Waals surface area (Å²) in [5, 5.41) is 4.15. The van der Waals surface area contributed by atoms with Crippen molar-refractivity contribution in [1.29, 1.82) is 0 Å². The Labute approximate surface area is 192 Å². The van der Waals surface area contributed by atoms with Crippen molar-refractivity contribution in [3.05, 3.63) is 80.6 Å². The Morgan fingerprint density at radius 2 is 1.84 bits per heavy atom. The molecule has 0 saturated heterocycles. The largest absolute Gasteiger partial charge is 0.365 e. The molecule has 0 saturated carbocycles. The number of carbonyl (C=O) groups excluding carboxylic acids is 2. The van der Waals surface area contributed by atoms with E-state index >= 15 is 0 Å². The number of aryl methyl sites for hydroxylation is 1. The average molecular weight is 494 g/mol. The molecule has 4 rings (SSSR count). The monoisotopic (exact) mass is 493 g/mol. The van der Waals surface area contributed by atoms with Gasteiger partial charge in [-0.1, -0.05) is 53.2 Å². The van der Waals surface area contributed by atoms with Crippen LogP contribution in [0.3, 0.4) is 0 Å². The van der Waals surface area contributed by atoms with Crippen LogP contribution in [0.1, 0.15) is 38.1 Å². The predicted octanol–water partition coefficient (Wildman–Crippen LogP) is 5.95. The molecule has 0 unspecified atom stereocenters. The number of nitrogens with one attached hydrogen (secondary N) is 1. The summed E-state index contributed by atoms with van der Waals surface area (Å²) in [7, 11) is 0. The molecule has 4 aromatic rings. The first-order valence-electron chi connectivity index (χ1n) is 9.78. The number of para-hydroxylation sites is 1. The number of nitrogens with zero attached hydrogens (tertiary/aromatic N) is 1. The maximum atomic E-state index is 13.4. The third-order valence-corrected chi connectivity index (χ3v) is 6.73. The maximum Gasteiger partial charge on any atom is 0.257 e. The van der Waals surface area contributed by atoms with Crippen LogP contribution in [0.2, 0.25) is 0 Å². The second kappa shape index (κ2) is 8.61. The Balaban J connectivity index is 1.81. The zero-order valence-electron chi connectivity index (χ0n) is 17.0. The zero-order chi connectivity index (χ0) is 22.1. The molecule has 0 spiro atoms. The fraction of sp³-hybridized carbons (Fsp3) is 0.125. The van der Waals surface area contributed by atoms with Gasteiger partial charge in [0.05, 0.1) is 22.3 Å². The van der Waals surface area contributed by atoms with Crippen LogP contribution in [-0.4, -0.2) is 16.8 Å². The summed E-state index contributed by atoms with van der Waals surface area (Å²) in [5.41, 5.74) is 9.71. The molecule has 31 heavy (non-hydrogen) atoms. The van der Waals surface area contributed by atoms with Gasteiger partial charge in [-0.25, -0.2) is 4.98 Å². The van der Waals surface area contributed by atoms with E-state index in [1.807, 2.05) is 62.4 Å². The van der Waals surface area contributed by atoms with Gasteiger partial charge in [-0.05, 0) is 43.2 Å². The quantitative estimate of drug-likeness (QED) is 0.360.